The number of aryl methyl sites for hydroxylation is 1. The number of nitrogens with one attached hydrogen (secondary N) is 3. The van der Waals surface area contributed by atoms with Gasteiger partial charge in [0.15, 0.2) is 0 Å². The van der Waals surface area contributed by atoms with E-state index < -0.39 is 0 Å². The summed E-state index contributed by atoms with van der Waals surface area (Å²) in [6, 6.07) is 15.9. The van der Waals surface area contributed by atoms with E-state index in [9.17, 15) is 4.79 Å². The number of fused-ring (bicyclic) bond motifs is 1. The standard InChI is InChI=1S/C18H19N3O/c1-13-3-2-4-16(11-13)21-18(22)20-9-7-14-5-6-15-8-10-19-17(15)12-14/h2-6,8,10-12,19H,7,9H2,1H3,(H2,20,21,22). The first-order chi connectivity index (χ1) is 10.7. The lowest BCUT2D eigenvalue weighted by molar-refractivity contribution is 0.252. The van der Waals surface area contributed by atoms with E-state index in [0.717, 1.165) is 23.2 Å². The minimum absolute atomic E-state index is 0.174. The average molecular weight is 293 g/mol. The van der Waals surface area contributed by atoms with Gasteiger partial charge in [0, 0.05) is 23.9 Å². The van der Waals surface area contributed by atoms with Crippen LogP contribution >= 0.6 is 0 Å². The Hall–Kier alpha value is -2.75. The Morgan fingerprint density at radius 3 is 2.91 bits per heavy atom. The van der Waals surface area contributed by atoms with Crippen molar-refractivity contribution in [3.8, 4) is 0 Å². The fourth-order valence-electron chi connectivity index (χ4n) is 2.47. The lowest BCUT2D eigenvalue weighted by Crippen LogP contribution is -2.30. The van der Waals surface area contributed by atoms with Crippen LogP contribution in [0.1, 0.15) is 11.1 Å². The van der Waals surface area contributed by atoms with Gasteiger partial charge in [0.1, 0.15) is 0 Å². The minimum Gasteiger partial charge on any atom is -0.361 e. The number of hydrogen-bond acceptors (Lipinski definition) is 1. The zero-order valence-corrected chi connectivity index (χ0v) is 12.5. The molecule has 0 saturated carbocycles. The van der Waals surface area contributed by atoms with Crippen molar-refractivity contribution in [1.29, 1.82) is 0 Å². The highest BCUT2D eigenvalue weighted by molar-refractivity contribution is 5.89. The van der Waals surface area contributed by atoms with Crippen LogP contribution in [0.2, 0.25) is 0 Å². The molecule has 3 rings (SSSR count). The van der Waals surface area contributed by atoms with Crippen LogP contribution in [-0.2, 0) is 6.42 Å². The molecular formula is C18H19N3O. The molecule has 0 saturated heterocycles. The zero-order valence-electron chi connectivity index (χ0n) is 12.5. The number of aromatic amines is 1. The molecular weight excluding hydrogens is 274 g/mol. The molecule has 1 aromatic heterocycles. The van der Waals surface area contributed by atoms with Gasteiger partial charge in [0.2, 0.25) is 0 Å². The highest BCUT2D eigenvalue weighted by Crippen LogP contribution is 2.14. The highest BCUT2D eigenvalue weighted by Gasteiger charge is 2.02. The van der Waals surface area contributed by atoms with Gasteiger partial charge in [-0.2, -0.15) is 0 Å². The lowest BCUT2D eigenvalue weighted by atomic mass is 10.1. The van der Waals surface area contributed by atoms with E-state index in [1.807, 2.05) is 43.5 Å². The molecule has 4 heteroatoms. The number of rotatable bonds is 4. The van der Waals surface area contributed by atoms with Gasteiger partial charge in [-0.25, -0.2) is 4.79 Å². The van der Waals surface area contributed by atoms with E-state index in [2.05, 4.69) is 33.8 Å². The molecule has 0 spiro atoms. The molecule has 0 aliphatic carbocycles. The molecule has 22 heavy (non-hydrogen) atoms. The maximum Gasteiger partial charge on any atom is 0.319 e. The van der Waals surface area contributed by atoms with E-state index in [4.69, 9.17) is 0 Å². The molecule has 0 aliphatic heterocycles. The third kappa shape index (κ3) is 3.47. The van der Waals surface area contributed by atoms with Gasteiger partial charge in [-0.15, -0.1) is 0 Å². The first kappa shape index (κ1) is 14.2. The van der Waals surface area contributed by atoms with Crippen LogP contribution in [0, 0.1) is 6.92 Å². The largest absolute Gasteiger partial charge is 0.361 e. The summed E-state index contributed by atoms with van der Waals surface area (Å²) in [6.45, 7) is 2.60. The van der Waals surface area contributed by atoms with Gasteiger partial charge < -0.3 is 15.6 Å². The highest BCUT2D eigenvalue weighted by atomic mass is 16.2. The molecule has 0 radical (unpaired) electrons. The number of carbonyl (C=O) groups is 1. The van der Waals surface area contributed by atoms with E-state index in [-0.39, 0.29) is 6.03 Å². The second-order valence-electron chi connectivity index (χ2n) is 5.40. The third-order valence-electron chi connectivity index (χ3n) is 3.59. The van der Waals surface area contributed by atoms with Crippen molar-refractivity contribution in [1.82, 2.24) is 10.3 Å². The summed E-state index contributed by atoms with van der Waals surface area (Å²) < 4.78 is 0. The third-order valence-corrected chi connectivity index (χ3v) is 3.59. The summed E-state index contributed by atoms with van der Waals surface area (Å²) in [7, 11) is 0. The number of H-pyrrole nitrogens is 1. The Morgan fingerprint density at radius 2 is 2.05 bits per heavy atom. The Labute approximate surface area is 129 Å². The number of anilines is 1. The fraction of sp³-hybridized carbons (Fsp3) is 0.167. The first-order valence-corrected chi connectivity index (χ1v) is 7.38. The van der Waals surface area contributed by atoms with Gasteiger partial charge in [-0.3, -0.25) is 0 Å². The zero-order chi connectivity index (χ0) is 15.4. The van der Waals surface area contributed by atoms with Gasteiger partial charge in [0.05, 0.1) is 0 Å². The summed E-state index contributed by atoms with van der Waals surface area (Å²) in [5, 5.41) is 6.92. The average Bonchev–Trinajstić information content (AvgIpc) is 2.95. The normalized spacial score (nSPS) is 10.6. The van der Waals surface area contributed by atoms with Crippen molar-refractivity contribution in [2.45, 2.75) is 13.3 Å². The molecule has 4 nitrogen and oxygen atoms in total. The molecule has 0 fully saturated rings. The van der Waals surface area contributed by atoms with Gasteiger partial charge >= 0.3 is 6.03 Å². The Kier molecular flexibility index (Phi) is 4.10. The predicted molar refractivity (Wildman–Crippen MR) is 90.2 cm³/mol. The van der Waals surface area contributed by atoms with Crippen molar-refractivity contribution >= 4 is 22.6 Å². The van der Waals surface area contributed by atoms with E-state index >= 15 is 0 Å². The second kappa shape index (κ2) is 6.35. The van der Waals surface area contributed by atoms with Crippen LogP contribution in [0.25, 0.3) is 10.9 Å². The molecule has 0 aliphatic rings. The molecule has 1 heterocycles. The molecule has 2 aromatic carbocycles. The van der Waals surface area contributed by atoms with Gasteiger partial charge in [-0.1, -0.05) is 24.3 Å². The molecule has 3 N–H and O–H groups in total. The van der Waals surface area contributed by atoms with Gasteiger partial charge in [-0.05, 0) is 54.1 Å². The fourth-order valence-corrected chi connectivity index (χ4v) is 2.47. The molecule has 3 aromatic rings. The summed E-state index contributed by atoms with van der Waals surface area (Å²) in [5.41, 5.74) is 4.26. The molecule has 0 bridgehead atoms. The molecule has 2 amide bonds. The van der Waals surface area contributed by atoms with E-state index in [1.54, 1.807) is 0 Å². The SMILES string of the molecule is Cc1cccc(NC(=O)NCCc2ccc3cc[nH]c3c2)c1. The Bertz CT molecular complexity index is 792. The van der Waals surface area contributed by atoms with Crippen molar-refractivity contribution in [2.75, 3.05) is 11.9 Å². The second-order valence-corrected chi connectivity index (χ2v) is 5.40. The smallest absolute Gasteiger partial charge is 0.319 e. The molecule has 0 unspecified atom stereocenters. The van der Waals surface area contributed by atoms with Crippen LogP contribution in [0.3, 0.4) is 0 Å². The minimum atomic E-state index is -0.174. The van der Waals surface area contributed by atoms with Crippen LogP contribution in [0.15, 0.2) is 54.7 Å². The van der Waals surface area contributed by atoms with Crippen LogP contribution < -0.4 is 10.6 Å². The number of benzene rings is 2. The number of carbonyl (C=O) groups excluding carboxylic acids is 1. The van der Waals surface area contributed by atoms with Crippen molar-refractivity contribution < 1.29 is 4.79 Å². The summed E-state index contributed by atoms with van der Waals surface area (Å²) in [5.74, 6) is 0. The van der Waals surface area contributed by atoms with Crippen LogP contribution in [-0.4, -0.2) is 17.6 Å². The van der Waals surface area contributed by atoms with Crippen molar-refractivity contribution in [2.24, 2.45) is 0 Å². The van der Waals surface area contributed by atoms with Crippen molar-refractivity contribution in [3.63, 3.8) is 0 Å². The van der Waals surface area contributed by atoms with Crippen LogP contribution in [0.4, 0.5) is 10.5 Å². The molecule has 112 valence electrons. The quantitative estimate of drug-likeness (QED) is 0.672. The summed E-state index contributed by atoms with van der Waals surface area (Å²) in [6.07, 6.45) is 2.73. The maximum atomic E-state index is 11.9. The number of hydrogen-bond donors (Lipinski definition) is 3. The predicted octanol–water partition coefficient (Wildman–Crippen LogP) is 3.84. The van der Waals surface area contributed by atoms with Crippen molar-refractivity contribution in [3.05, 3.63) is 65.9 Å². The monoisotopic (exact) mass is 293 g/mol. The number of aromatic nitrogens is 1. The van der Waals surface area contributed by atoms with E-state index in [1.165, 1.54) is 10.9 Å². The Balaban J connectivity index is 1.50. The number of urea groups is 1. The van der Waals surface area contributed by atoms with Gasteiger partial charge in [0.25, 0.3) is 0 Å². The maximum absolute atomic E-state index is 11.9. The summed E-state index contributed by atoms with van der Waals surface area (Å²) >= 11 is 0. The van der Waals surface area contributed by atoms with E-state index in [0.29, 0.717) is 6.54 Å². The topological polar surface area (TPSA) is 56.9 Å². The van der Waals surface area contributed by atoms with Crippen LogP contribution in [0.5, 0.6) is 0 Å². The first-order valence-electron chi connectivity index (χ1n) is 7.38. The lowest BCUT2D eigenvalue weighted by Gasteiger charge is -2.08. The molecule has 0 atom stereocenters. The Morgan fingerprint density at radius 1 is 1.14 bits per heavy atom. The summed E-state index contributed by atoms with van der Waals surface area (Å²) in [4.78, 5) is 15.1. The number of amides is 2.